The normalized spacial score (nSPS) is 14.0. The molecule has 34 nitrogen and oxygen atoms in total. The van der Waals surface area contributed by atoms with Gasteiger partial charge in [0.05, 0.1) is 161 Å². The number of aromatic nitrogens is 6. The number of nitrogens with one attached hydrogen (secondary N) is 3. The number of primary amides is 2. The zero-order valence-corrected chi connectivity index (χ0v) is 59.4. The number of amides is 7. The number of aliphatic imine (C=N–C) groups is 1. The van der Waals surface area contributed by atoms with Crippen molar-refractivity contribution < 1.29 is 85.7 Å². The second-order valence-corrected chi connectivity index (χ2v) is 23.4. The topological polar surface area (TPSA) is 411 Å². The predicted molar refractivity (Wildman–Crippen MR) is 381 cm³/mol. The largest absolute Gasteiger partial charge is 0.491 e. The maximum Gasteiger partial charge on any atom is 0.276 e. The molecule has 0 bridgehead atoms. The number of aryl methyl sites for hydroxylation is 2. The standard InChI is InChI=1S/C69H100N16O18/c1-5-73-56(44-50(3)70)66(91)77-69-76-55-47-53(65(72)90)48-59(63(55)83(69)17-8-7-16-82-57-11-10-52(64(71)89)46-54(57)75-68(82)78-67(92)58-45-51(4)79-85(58)6-2)103-23-9-15-80-18-20-81(21-19-80)22-25-94-27-29-96-31-33-98-35-37-100-39-41-102-43-42-101-40-38-99-36-34-97-32-30-95-28-26-93-24-14-74-60(86)49-84-61(87)12-13-62(84)88/h7-8,10-13,44-48H,5-6,9,14-43,49,70H2,1-4H3,(H2,71,89)(H2,72,90)(H,74,86)(H,75,78,92)(H,76,77,91)/b8-7+,50-44-,73-56?. The molecule has 7 amide bonds. The highest BCUT2D eigenvalue weighted by Gasteiger charge is 2.27. The van der Waals surface area contributed by atoms with Gasteiger partial charge >= 0.3 is 0 Å². The number of rotatable bonds is 53. The molecule has 9 N–H and O–H groups in total. The van der Waals surface area contributed by atoms with Gasteiger partial charge in [0.1, 0.15) is 29.2 Å². The molecule has 1 fully saturated rings. The second kappa shape index (κ2) is 45.2. The summed E-state index contributed by atoms with van der Waals surface area (Å²) < 4.78 is 67.3. The molecule has 2 aliphatic rings. The maximum absolute atomic E-state index is 13.9. The van der Waals surface area contributed by atoms with Gasteiger partial charge in [0.25, 0.3) is 23.6 Å². The average molecular weight is 1440 g/mol. The summed E-state index contributed by atoms with van der Waals surface area (Å²) in [4.78, 5) is 107. The van der Waals surface area contributed by atoms with Crippen LogP contribution >= 0.6 is 0 Å². The third-order valence-corrected chi connectivity index (χ3v) is 15.7. The molecule has 0 unspecified atom stereocenters. The van der Waals surface area contributed by atoms with Crippen molar-refractivity contribution in [3.05, 3.63) is 95.0 Å². The van der Waals surface area contributed by atoms with Gasteiger partial charge in [-0.3, -0.25) is 63.7 Å². The van der Waals surface area contributed by atoms with E-state index in [1.165, 1.54) is 6.08 Å². The van der Waals surface area contributed by atoms with E-state index in [1.807, 2.05) is 19.1 Å². The van der Waals surface area contributed by atoms with Gasteiger partial charge in [-0.1, -0.05) is 12.2 Å². The quantitative estimate of drug-likeness (QED) is 0.0139. The van der Waals surface area contributed by atoms with Crippen LogP contribution in [0.5, 0.6) is 5.75 Å². The van der Waals surface area contributed by atoms with E-state index >= 15 is 0 Å². The molecule has 5 aromatic rings. The summed E-state index contributed by atoms with van der Waals surface area (Å²) in [5.74, 6) is -3.03. The van der Waals surface area contributed by atoms with Crippen molar-refractivity contribution in [1.82, 2.24) is 48.9 Å². The Bertz CT molecular complexity index is 3650. The van der Waals surface area contributed by atoms with E-state index in [1.54, 1.807) is 71.0 Å². The molecule has 0 aliphatic carbocycles. The lowest BCUT2D eigenvalue weighted by atomic mass is 10.1. The molecule has 0 saturated carbocycles. The molecule has 2 aliphatic heterocycles. The summed E-state index contributed by atoms with van der Waals surface area (Å²) in [5.41, 5.74) is 21.3. The van der Waals surface area contributed by atoms with Gasteiger partial charge in [-0.05, 0) is 76.6 Å². The molecular weight excluding hydrogens is 1340 g/mol. The molecule has 2 aromatic carbocycles. The van der Waals surface area contributed by atoms with E-state index < -0.39 is 41.4 Å². The summed E-state index contributed by atoms with van der Waals surface area (Å²) in [6.45, 7) is 22.2. The van der Waals surface area contributed by atoms with Crippen LogP contribution in [0.2, 0.25) is 0 Å². The van der Waals surface area contributed by atoms with E-state index in [0.717, 1.165) is 56.3 Å². The van der Waals surface area contributed by atoms with E-state index in [-0.39, 0.29) is 61.5 Å². The molecule has 103 heavy (non-hydrogen) atoms. The van der Waals surface area contributed by atoms with Crippen LogP contribution in [0, 0.1) is 6.92 Å². The number of carbonyl (C=O) groups is 7. The molecule has 564 valence electrons. The number of nitrogens with two attached hydrogens (primary N) is 3. The Balaban J connectivity index is 0.717. The van der Waals surface area contributed by atoms with E-state index in [0.29, 0.717) is 197 Å². The van der Waals surface area contributed by atoms with Crippen molar-refractivity contribution in [1.29, 1.82) is 0 Å². The number of hydrogen-bond donors (Lipinski definition) is 6. The summed E-state index contributed by atoms with van der Waals surface area (Å²) in [7, 11) is 0. The Morgan fingerprint density at radius 3 is 1.60 bits per heavy atom. The molecule has 0 atom stereocenters. The number of nitrogens with zero attached hydrogens (tertiary/aromatic N) is 10. The third-order valence-electron chi connectivity index (χ3n) is 15.7. The van der Waals surface area contributed by atoms with Gasteiger partial charge < -0.3 is 88.7 Å². The molecule has 7 rings (SSSR count). The first kappa shape index (κ1) is 81.4. The number of anilines is 2. The van der Waals surface area contributed by atoms with Gasteiger partial charge in [0, 0.05) is 101 Å². The van der Waals surface area contributed by atoms with Crippen LogP contribution in [0.15, 0.2) is 77.5 Å². The first-order chi connectivity index (χ1) is 50.0. The van der Waals surface area contributed by atoms with Gasteiger partial charge in [-0.25, -0.2) is 9.97 Å². The van der Waals surface area contributed by atoms with Gasteiger partial charge in [-0.15, -0.1) is 0 Å². The minimum absolute atomic E-state index is 0.0946. The number of benzene rings is 2. The van der Waals surface area contributed by atoms with Crippen LogP contribution in [-0.4, -0.2) is 288 Å². The van der Waals surface area contributed by atoms with Crippen molar-refractivity contribution >= 4 is 81.0 Å². The van der Waals surface area contributed by atoms with Gasteiger partial charge in [0.2, 0.25) is 29.6 Å². The number of imidazole rings is 2. The summed E-state index contributed by atoms with van der Waals surface area (Å²) in [6.07, 6.45) is 8.13. The highest BCUT2D eigenvalue weighted by molar-refractivity contribution is 6.47. The maximum atomic E-state index is 13.9. The fourth-order valence-electron chi connectivity index (χ4n) is 10.6. The number of imide groups is 1. The van der Waals surface area contributed by atoms with Crippen LogP contribution in [0.25, 0.3) is 22.1 Å². The number of hydrogen-bond acceptors (Lipinski definition) is 25. The Kier molecular flexibility index (Phi) is 35.8. The highest BCUT2D eigenvalue weighted by Crippen LogP contribution is 2.32. The summed E-state index contributed by atoms with van der Waals surface area (Å²) >= 11 is 0. The Labute approximate surface area is 598 Å². The van der Waals surface area contributed by atoms with Crippen molar-refractivity contribution in [2.45, 2.75) is 53.8 Å². The van der Waals surface area contributed by atoms with Crippen LogP contribution < -0.4 is 37.9 Å². The van der Waals surface area contributed by atoms with E-state index in [2.05, 4.69) is 35.8 Å². The minimum Gasteiger partial charge on any atom is -0.491 e. The van der Waals surface area contributed by atoms with Crippen molar-refractivity contribution in [3.63, 3.8) is 0 Å². The Morgan fingerprint density at radius 1 is 0.583 bits per heavy atom. The fourth-order valence-corrected chi connectivity index (χ4v) is 10.6. The zero-order valence-electron chi connectivity index (χ0n) is 59.4. The third kappa shape index (κ3) is 28.0. The van der Waals surface area contributed by atoms with Crippen LogP contribution in [-0.2, 0) is 86.2 Å². The van der Waals surface area contributed by atoms with Crippen LogP contribution in [0.3, 0.4) is 0 Å². The molecule has 34 heteroatoms. The number of carbonyl (C=O) groups excluding carboxylic acids is 7. The first-order valence-corrected chi connectivity index (χ1v) is 34.6. The molecular formula is C69H100N16O18. The van der Waals surface area contributed by atoms with E-state index in [4.69, 9.17) is 79.3 Å². The SMILES string of the molecule is CCN=C(/C=C(/C)N)C(=O)Nc1nc2cc(C(N)=O)cc(OCCCN3CCN(CCOCCOCCOCCOCCOCCOCCOCCOCCOCCOCCNC(=O)CN4C(=O)C=CC4=O)CC3)c2n1C/C=C/Cn1c(NC(=O)c2cc(C)nn2CC)nc2cc(C(N)=O)ccc21. The number of ether oxygens (including phenoxy) is 11. The van der Waals surface area contributed by atoms with Crippen LogP contribution in [0.4, 0.5) is 11.9 Å². The molecule has 3 aromatic heterocycles. The predicted octanol–water partition coefficient (Wildman–Crippen LogP) is 1.47. The Morgan fingerprint density at radius 2 is 1.08 bits per heavy atom. The smallest absolute Gasteiger partial charge is 0.276 e. The summed E-state index contributed by atoms with van der Waals surface area (Å²) in [6, 6.07) is 9.70. The molecule has 0 spiro atoms. The van der Waals surface area contributed by atoms with Crippen molar-refractivity contribution in [2.24, 2.45) is 22.2 Å². The van der Waals surface area contributed by atoms with Crippen LogP contribution in [0.1, 0.15) is 64.1 Å². The minimum atomic E-state index is -0.685. The lowest BCUT2D eigenvalue weighted by molar-refractivity contribution is -0.141. The van der Waals surface area contributed by atoms with Crippen molar-refractivity contribution in [2.75, 3.05) is 208 Å². The van der Waals surface area contributed by atoms with Crippen molar-refractivity contribution in [3.8, 4) is 5.75 Å². The van der Waals surface area contributed by atoms with E-state index in [9.17, 15) is 33.6 Å². The molecule has 0 radical (unpaired) electrons. The highest BCUT2D eigenvalue weighted by atomic mass is 16.6. The molecule has 5 heterocycles. The zero-order chi connectivity index (χ0) is 73.6. The fraction of sp³-hybridized carbons (Fsp3) is 0.551. The van der Waals surface area contributed by atoms with Gasteiger partial charge in [-0.2, -0.15) is 5.10 Å². The number of allylic oxidation sites excluding steroid dienone is 3. The summed E-state index contributed by atoms with van der Waals surface area (Å²) in [5, 5.41) is 12.8. The number of piperazine rings is 1. The monoisotopic (exact) mass is 1440 g/mol. The first-order valence-electron chi connectivity index (χ1n) is 34.6. The number of fused-ring (bicyclic) bond motifs is 2. The second-order valence-electron chi connectivity index (χ2n) is 23.4. The molecule has 1 saturated heterocycles. The Hall–Kier alpha value is -8.91. The lowest BCUT2D eigenvalue weighted by Crippen LogP contribution is -2.47. The lowest BCUT2D eigenvalue weighted by Gasteiger charge is -2.34. The van der Waals surface area contributed by atoms with Gasteiger partial charge in [0.15, 0.2) is 0 Å². The average Bonchev–Trinajstić information content (AvgIpc) is 1.64.